The Balaban J connectivity index is 1.64. The molecule has 2 aromatic rings. The molecule has 32 heavy (non-hydrogen) atoms. The molecule has 2 aliphatic heterocycles. The Labute approximate surface area is 196 Å². The molecule has 1 fully saturated rings. The Kier molecular flexibility index (Phi) is 6.58. The highest BCUT2D eigenvalue weighted by molar-refractivity contribution is 8.04. The van der Waals surface area contributed by atoms with Gasteiger partial charge >= 0.3 is 5.97 Å². The first-order valence-corrected chi connectivity index (χ1v) is 11.7. The number of ether oxygens (including phenoxy) is 1. The summed E-state index contributed by atoms with van der Waals surface area (Å²) in [5.74, 6) is -1.15. The van der Waals surface area contributed by atoms with E-state index in [1.807, 2.05) is 17.0 Å². The third-order valence-electron chi connectivity index (χ3n) is 5.18. The molecule has 0 bridgehead atoms. The Bertz CT molecular complexity index is 1070. The third-order valence-corrected chi connectivity index (χ3v) is 6.51. The summed E-state index contributed by atoms with van der Waals surface area (Å²) in [6.45, 7) is 5.04. The van der Waals surface area contributed by atoms with Crippen LogP contribution in [0.5, 0.6) is 0 Å². The molecular formula is C24H23ClN2O4S. The maximum Gasteiger partial charge on any atom is 0.338 e. The number of hydrogen-bond donors (Lipinski definition) is 0. The van der Waals surface area contributed by atoms with E-state index in [0.29, 0.717) is 26.9 Å². The number of carbonyl (C=O) groups is 3. The molecule has 0 N–H and O–H groups in total. The van der Waals surface area contributed by atoms with Gasteiger partial charge in [0.1, 0.15) is 10.6 Å². The molecule has 2 heterocycles. The standard InChI is InChI=1S/C24H23ClN2O4S/c1-15(2)31-24(30)16-5-9-18(10-6-16)27-22(28)20(26-13-3-4-14-26)21(23(27)29)32-19-11-7-17(25)8-12-19/h5-12,15H,3-4,13-14H2,1-2H3. The van der Waals surface area contributed by atoms with Crippen LogP contribution in [0.4, 0.5) is 5.69 Å². The third kappa shape index (κ3) is 4.54. The monoisotopic (exact) mass is 470 g/mol. The Morgan fingerprint density at radius 2 is 1.59 bits per heavy atom. The zero-order valence-electron chi connectivity index (χ0n) is 17.8. The van der Waals surface area contributed by atoms with Gasteiger partial charge < -0.3 is 9.64 Å². The minimum atomic E-state index is -0.444. The lowest BCUT2D eigenvalue weighted by Gasteiger charge is -2.20. The highest BCUT2D eigenvalue weighted by Crippen LogP contribution is 2.39. The number of carbonyl (C=O) groups excluding carboxylic acids is 3. The van der Waals surface area contributed by atoms with Gasteiger partial charge in [0.25, 0.3) is 11.8 Å². The minimum Gasteiger partial charge on any atom is -0.459 e. The van der Waals surface area contributed by atoms with E-state index in [0.717, 1.165) is 30.8 Å². The predicted molar refractivity (Wildman–Crippen MR) is 125 cm³/mol. The molecule has 2 aromatic carbocycles. The van der Waals surface area contributed by atoms with Crippen LogP contribution in [0.15, 0.2) is 64.0 Å². The molecule has 0 spiro atoms. The van der Waals surface area contributed by atoms with Crippen molar-refractivity contribution in [3.05, 3.63) is 69.7 Å². The number of anilines is 1. The van der Waals surface area contributed by atoms with Crippen LogP contribution >= 0.6 is 23.4 Å². The fraction of sp³-hybridized carbons (Fsp3) is 0.292. The average molecular weight is 471 g/mol. The van der Waals surface area contributed by atoms with Crippen molar-refractivity contribution in [3.63, 3.8) is 0 Å². The number of amides is 2. The average Bonchev–Trinajstić information content (AvgIpc) is 3.36. The van der Waals surface area contributed by atoms with Crippen LogP contribution < -0.4 is 4.90 Å². The Morgan fingerprint density at radius 3 is 2.19 bits per heavy atom. The summed E-state index contributed by atoms with van der Waals surface area (Å²) in [6, 6.07) is 13.5. The lowest BCUT2D eigenvalue weighted by molar-refractivity contribution is -0.121. The zero-order chi connectivity index (χ0) is 22.8. The van der Waals surface area contributed by atoms with Gasteiger partial charge in [-0.3, -0.25) is 9.59 Å². The molecule has 0 saturated carbocycles. The van der Waals surface area contributed by atoms with Gasteiger partial charge in [-0.2, -0.15) is 0 Å². The van der Waals surface area contributed by atoms with E-state index in [1.165, 1.54) is 16.7 Å². The molecule has 0 aromatic heterocycles. The van der Waals surface area contributed by atoms with Gasteiger partial charge in [0.05, 0.1) is 17.4 Å². The molecule has 166 valence electrons. The van der Waals surface area contributed by atoms with Crippen LogP contribution in [0, 0.1) is 0 Å². The fourth-order valence-corrected chi connectivity index (χ4v) is 4.82. The van der Waals surface area contributed by atoms with Gasteiger partial charge in [-0.15, -0.1) is 0 Å². The van der Waals surface area contributed by atoms with Gasteiger partial charge in [0.2, 0.25) is 0 Å². The van der Waals surface area contributed by atoms with Gasteiger partial charge in [0.15, 0.2) is 0 Å². The van der Waals surface area contributed by atoms with Gasteiger partial charge in [0, 0.05) is 23.0 Å². The van der Waals surface area contributed by atoms with E-state index < -0.39 is 5.97 Å². The topological polar surface area (TPSA) is 66.9 Å². The number of likely N-dealkylation sites (tertiary alicyclic amines) is 1. The van der Waals surface area contributed by atoms with Crippen LogP contribution in [-0.4, -0.2) is 41.9 Å². The molecule has 4 rings (SSSR count). The first-order valence-electron chi connectivity index (χ1n) is 10.5. The summed E-state index contributed by atoms with van der Waals surface area (Å²) in [4.78, 5) is 43.3. The summed E-state index contributed by atoms with van der Waals surface area (Å²) in [7, 11) is 0. The number of benzene rings is 2. The molecule has 2 aliphatic rings. The fourth-order valence-electron chi connectivity index (χ4n) is 3.69. The van der Waals surface area contributed by atoms with E-state index >= 15 is 0 Å². The molecular weight excluding hydrogens is 448 g/mol. The zero-order valence-corrected chi connectivity index (χ0v) is 19.4. The first-order chi connectivity index (χ1) is 15.3. The van der Waals surface area contributed by atoms with E-state index in [2.05, 4.69) is 0 Å². The van der Waals surface area contributed by atoms with E-state index in [1.54, 1.807) is 50.2 Å². The van der Waals surface area contributed by atoms with Gasteiger partial charge in [-0.05, 0) is 75.2 Å². The van der Waals surface area contributed by atoms with Crippen LogP contribution in [0.25, 0.3) is 0 Å². The number of imide groups is 1. The Morgan fingerprint density at radius 1 is 0.969 bits per heavy atom. The quantitative estimate of drug-likeness (QED) is 0.443. The summed E-state index contributed by atoms with van der Waals surface area (Å²) in [5.41, 5.74) is 1.23. The molecule has 0 atom stereocenters. The Hall–Kier alpha value is -2.77. The van der Waals surface area contributed by atoms with E-state index in [-0.39, 0.29) is 17.9 Å². The summed E-state index contributed by atoms with van der Waals surface area (Å²) in [5, 5.41) is 0.606. The molecule has 2 amide bonds. The van der Waals surface area contributed by atoms with Crippen molar-refractivity contribution in [1.82, 2.24) is 4.90 Å². The summed E-state index contributed by atoms with van der Waals surface area (Å²) in [6.07, 6.45) is 1.73. The largest absolute Gasteiger partial charge is 0.459 e. The van der Waals surface area contributed by atoms with Crippen molar-refractivity contribution in [2.24, 2.45) is 0 Å². The SMILES string of the molecule is CC(C)OC(=O)c1ccc(N2C(=O)C(Sc3ccc(Cl)cc3)=C(N3CCCC3)C2=O)cc1. The molecule has 1 saturated heterocycles. The number of hydrogen-bond acceptors (Lipinski definition) is 6. The van der Waals surface area contributed by atoms with Crippen molar-refractivity contribution < 1.29 is 19.1 Å². The summed E-state index contributed by atoms with van der Waals surface area (Å²) >= 11 is 7.26. The van der Waals surface area contributed by atoms with Crippen molar-refractivity contribution in [2.75, 3.05) is 18.0 Å². The molecule has 0 radical (unpaired) electrons. The van der Waals surface area contributed by atoms with Gasteiger partial charge in [-0.25, -0.2) is 9.69 Å². The smallest absolute Gasteiger partial charge is 0.338 e. The second kappa shape index (κ2) is 9.38. The maximum atomic E-state index is 13.4. The highest BCUT2D eigenvalue weighted by Gasteiger charge is 2.43. The van der Waals surface area contributed by atoms with Crippen molar-refractivity contribution in [2.45, 2.75) is 37.7 Å². The molecule has 0 aliphatic carbocycles. The predicted octanol–water partition coefficient (Wildman–Crippen LogP) is 4.88. The minimum absolute atomic E-state index is 0.233. The van der Waals surface area contributed by atoms with E-state index in [4.69, 9.17) is 16.3 Å². The number of halogens is 1. The molecule has 6 nitrogen and oxygen atoms in total. The van der Waals surface area contributed by atoms with Crippen LogP contribution in [0.2, 0.25) is 5.02 Å². The number of nitrogens with zero attached hydrogens (tertiary/aromatic N) is 2. The first kappa shape index (κ1) is 22.4. The highest BCUT2D eigenvalue weighted by atomic mass is 35.5. The van der Waals surface area contributed by atoms with E-state index in [9.17, 15) is 14.4 Å². The number of thioether (sulfide) groups is 1. The maximum absolute atomic E-state index is 13.4. The lowest BCUT2D eigenvalue weighted by Crippen LogP contribution is -2.34. The lowest BCUT2D eigenvalue weighted by atomic mass is 10.2. The normalized spacial score (nSPS) is 16.5. The summed E-state index contributed by atoms with van der Waals surface area (Å²) < 4.78 is 5.21. The van der Waals surface area contributed by atoms with Crippen LogP contribution in [0.3, 0.4) is 0 Å². The van der Waals surface area contributed by atoms with Crippen molar-refractivity contribution in [3.8, 4) is 0 Å². The van der Waals surface area contributed by atoms with Crippen molar-refractivity contribution in [1.29, 1.82) is 0 Å². The van der Waals surface area contributed by atoms with Crippen LogP contribution in [-0.2, 0) is 14.3 Å². The number of rotatable bonds is 6. The number of esters is 1. The molecule has 8 heteroatoms. The van der Waals surface area contributed by atoms with Crippen molar-refractivity contribution >= 4 is 46.8 Å². The van der Waals surface area contributed by atoms with Crippen LogP contribution in [0.1, 0.15) is 37.0 Å². The van der Waals surface area contributed by atoms with Gasteiger partial charge in [-0.1, -0.05) is 23.4 Å². The second-order valence-corrected chi connectivity index (χ2v) is 9.39. The second-order valence-electron chi connectivity index (χ2n) is 7.87. The molecule has 0 unspecified atom stereocenters.